The zero-order chi connectivity index (χ0) is 29.0. The average Bonchev–Trinajstić information content (AvgIpc) is 2.97. The third kappa shape index (κ3) is 4.51. The number of aliphatic carboxylic acids is 1. The smallest absolute Gasteiger partial charge is 0.309 e. The second-order valence-corrected chi connectivity index (χ2v) is 12.2. The normalized spacial score (nSPS) is 25.7. The molecule has 1 saturated carbocycles. The molecule has 7 nitrogen and oxygen atoms in total. The highest BCUT2D eigenvalue weighted by Gasteiger charge is 2.63. The SMILES string of the molecule is CC1(C(=O)O)CC2(C)CC(C)(C1)C(=O)N(c1ccc(-c3cc(-c4ccccn4)cc(-c4ccccn4)c3)cc1)C2=O. The van der Waals surface area contributed by atoms with Gasteiger partial charge in [0.1, 0.15) is 0 Å². The van der Waals surface area contributed by atoms with E-state index in [1.807, 2.05) is 48.5 Å². The number of nitrogens with zero attached hydrogens (tertiary/aromatic N) is 3. The molecule has 3 heterocycles. The minimum absolute atomic E-state index is 0.197. The number of carboxylic acids is 1. The number of imide groups is 1. The molecule has 7 heteroatoms. The number of hydrogen-bond donors (Lipinski definition) is 1. The van der Waals surface area contributed by atoms with Crippen LogP contribution < -0.4 is 4.90 Å². The van der Waals surface area contributed by atoms with Gasteiger partial charge in [0.25, 0.3) is 0 Å². The Labute approximate surface area is 238 Å². The highest BCUT2D eigenvalue weighted by atomic mass is 16.4. The molecule has 4 aromatic rings. The van der Waals surface area contributed by atoms with Gasteiger partial charge in [-0.3, -0.25) is 24.4 Å². The van der Waals surface area contributed by atoms with Crippen molar-refractivity contribution in [3.8, 4) is 33.6 Å². The number of fused-ring (bicyclic) bond motifs is 2. The van der Waals surface area contributed by atoms with Gasteiger partial charge >= 0.3 is 5.97 Å². The summed E-state index contributed by atoms with van der Waals surface area (Å²) in [5.74, 6) is -1.64. The van der Waals surface area contributed by atoms with E-state index in [9.17, 15) is 19.5 Å². The maximum atomic E-state index is 13.8. The fourth-order valence-electron chi connectivity index (χ4n) is 7.05. The van der Waals surface area contributed by atoms with Crippen LogP contribution in [-0.2, 0) is 14.4 Å². The van der Waals surface area contributed by atoms with E-state index in [-0.39, 0.29) is 24.7 Å². The highest BCUT2D eigenvalue weighted by Crippen LogP contribution is 2.59. The molecule has 0 radical (unpaired) electrons. The molecule has 41 heavy (non-hydrogen) atoms. The Morgan fingerprint density at radius 3 is 1.61 bits per heavy atom. The van der Waals surface area contributed by atoms with Crippen LogP contribution >= 0.6 is 0 Å². The Balaban J connectivity index is 1.38. The average molecular weight is 546 g/mol. The number of hydrogen-bond acceptors (Lipinski definition) is 5. The number of pyridine rings is 2. The zero-order valence-corrected chi connectivity index (χ0v) is 23.3. The molecule has 2 bridgehead atoms. The number of carbonyl (C=O) groups excluding carboxylic acids is 2. The summed E-state index contributed by atoms with van der Waals surface area (Å²) in [7, 11) is 0. The fraction of sp³-hybridized carbons (Fsp3) is 0.265. The van der Waals surface area contributed by atoms with Crippen molar-refractivity contribution in [1.82, 2.24) is 9.97 Å². The number of piperidine rings is 1. The first kappa shape index (κ1) is 26.6. The zero-order valence-electron chi connectivity index (χ0n) is 23.3. The van der Waals surface area contributed by atoms with Crippen molar-refractivity contribution >= 4 is 23.5 Å². The minimum Gasteiger partial charge on any atom is -0.481 e. The lowest BCUT2D eigenvalue weighted by Gasteiger charge is -2.55. The standard InChI is InChI=1S/C34H31N3O4/c1-32-19-33(2,21-34(3,20-32)31(40)41)30(39)37(29(32)38)26-12-10-22(11-13-26)23-16-24(27-8-4-6-14-35-27)18-25(17-23)28-9-5-7-15-36-28/h4-18H,19-21H2,1-3H3,(H,40,41). The third-order valence-corrected chi connectivity index (χ3v) is 8.61. The molecule has 1 saturated heterocycles. The topological polar surface area (TPSA) is 100 Å². The van der Waals surface area contributed by atoms with E-state index in [2.05, 4.69) is 28.2 Å². The summed E-state index contributed by atoms with van der Waals surface area (Å²) in [4.78, 5) is 50.0. The van der Waals surface area contributed by atoms with Crippen LogP contribution in [0.1, 0.15) is 40.0 Å². The number of aromatic nitrogens is 2. The van der Waals surface area contributed by atoms with Crippen LogP contribution in [0.4, 0.5) is 5.69 Å². The van der Waals surface area contributed by atoms with Gasteiger partial charge in [0.2, 0.25) is 11.8 Å². The Morgan fingerprint density at radius 1 is 0.683 bits per heavy atom. The van der Waals surface area contributed by atoms with Crippen LogP contribution in [0.5, 0.6) is 0 Å². The van der Waals surface area contributed by atoms with Crippen molar-refractivity contribution < 1.29 is 19.5 Å². The van der Waals surface area contributed by atoms with Crippen molar-refractivity contribution in [2.24, 2.45) is 16.2 Å². The second-order valence-electron chi connectivity index (χ2n) is 12.2. The Morgan fingerprint density at radius 2 is 1.17 bits per heavy atom. The Kier molecular flexibility index (Phi) is 6.14. The number of carboxylic acid groups (broad SMARTS) is 1. The highest BCUT2D eigenvalue weighted by molar-refractivity contribution is 6.21. The maximum absolute atomic E-state index is 13.8. The van der Waals surface area contributed by atoms with Gasteiger partial charge in [0.05, 0.1) is 22.5 Å². The molecule has 2 atom stereocenters. The summed E-state index contributed by atoms with van der Waals surface area (Å²) in [5, 5.41) is 9.92. The van der Waals surface area contributed by atoms with Crippen LogP contribution in [-0.4, -0.2) is 32.9 Å². The summed E-state index contributed by atoms with van der Waals surface area (Å²) in [6.07, 6.45) is 4.27. The summed E-state index contributed by atoms with van der Waals surface area (Å²) in [5.41, 5.74) is 2.92. The lowest BCUT2D eigenvalue weighted by Crippen LogP contribution is -2.64. The molecular weight excluding hydrogens is 514 g/mol. The lowest BCUT2D eigenvalue weighted by atomic mass is 9.52. The third-order valence-electron chi connectivity index (χ3n) is 8.61. The van der Waals surface area contributed by atoms with E-state index < -0.39 is 22.2 Å². The van der Waals surface area contributed by atoms with Crippen LogP contribution in [0.3, 0.4) is 0 Å². The van der Waals surface area contributed by atoms with Gasteiger partial charge in [0.15, 0.2) is 0 Å². The first-order valence-electron chi connectivity index (χ1n) is 13.7. The predicted molar refractivity (Wildman–Crippen MR) is 157 cm³/mol. The van der Waals surface area contributed by atoms with E-state index in [0.29, 0.717) is 12.1 Å². The van der Waals surface area contributed by atoms with Crippen LogP contribution in [0.25, 0.3) is 33.6 Å². The number of carbonyl (C=O) groups is 3. The monoisotopic (exact) mass is 545 g/mol. The van der Waals surface area contributed by atoms with Gasteiger partial charge < -0.3 is 5.11 Å². The molecule has 2 aromatic carbocycles. The quantitative estimate of drug-likeness (QED) is 0.282. The van der Waals surface area contributed by atoms with Crippen LogP contribution in [0, 0.1) is 16.2 Å². The van der Waals surface area contributed by atoms with Gasteiger partial charge in [-0.1, -0.05) is 38.1 Å². The van der Waals surface area contributed by atoms with Gasteiger partial charge in [-0.2, -0.15) is 0 Å². The molecule has 2 amide bonds. The van der Waals surface area contributed by atoms with E-state index in [1.165, 1.54) is 4.90 Å². The fourth-order valence-corrected chi connectivity index (χ4v) is 7.05. The van der Waals surface area contributed by atoms with Gasteiger partial charge in [-0.05, 0) is 91.9 Å². The second kappa shape index (κ2) is 9.47. The molecule has 1 aliphatic heterocycles. The largest absolute Gasteiger partial charge is 0.481 e. The molecule has 1 N–H and O–H groups in total. The molecule has 2 fully saturated rings. The van der Waals surface area contributed by atoms with Crippen molar-refractivity contribution in [1.29, 1.82) is 0 Å². The maximum Gasteiger partial charge on any atom is 0.309 e. The number of benzene rings is 2. The summed E-state index contributed by atoms with van der Waals surface area (Å²) in [6.45, 7) is 5.24. The molecule has 2 aliphatic rings. The molecule has 2 unspecified atom stereocenters. The molecular formula is C34H31N3O4. The number of rotatable bonds is 5. The molecule has 2 aromatic heterocycles. The van der Waals surface area contributed by atoms with Crippen molar-refractivity contribution in [2.45, 2.75) is 40.0 Å². The van der Waals surface area contributed by atoms with E-state index in [4.69, 9.17) is 0 Å². The molecule has 0 spiro atoms. The first-order valence-corrected chi connectivity index (χ1v) is 13.7. The van der Waals surface area contributed by atoms with Gasteiger partial charge in [-0.15, -0.1) is 0 Å². The molecule has 1 aliphatic carbocycles. The van der Waals surface area contributed by atoms with Crippen LogP contribution in [0.2, 0.25) is 0 Å². The van der Waals surface area contributed by atoms with E-state index >= 15 is 0 Å². The van der Waals surface area contributed by atoms with Crippen molar-refractivity contribution in [3.63, 3.8) is 0 Å². The predicted octanol–water partition coefficient (Wildman–Crippen LogP) is 6.64. The Bertz CT molecular complexity index is 1580. The van der Waals surface area contributed by atoms with E-state index in [1.54, 1.807) is 45.3 Å². The van der Waals surface area contributed by atoms with Gasteiger partial charge in [0, 0.05) is 34.4 Å². The lowest BCUT2D eigenvalue weighted by molar-refractivity contribution is -0.167. The summed E-state index contributed by atoms with van der Waals surface area (Å²) >= 11 is 0. The number of anilines is 1. The summed E-state index contributed by atoms with van der Waals surface area (Å²) < 4.78 is 0. The van der Waals surface area contributed by atoms with Gasteiger partial charge in [-0.25, -0.2) is 4.90 Å². The first-order chi connectivity index (χ1) is 19.5. The van der Waals surface area contributed by atoms with Crippen LogP contribution in [0.15, 0.2) is 91.3 Å². The van der Waals surface area contributed by atoms with E-state index in [0.717, 1.165) is 33.6 Å². The summed E-state index contributed by atoms with van der Waals surface area (Å²) in [6, 6.07) is 25.2. The van der Waals surface area contributed by atoms with Crippen molar-refractivity contribution in [2.75, 3.05) is 4.90 Å². The minimum atomic E-state index is -1.13. The van der Waals surface area contributed by atoms with Crippen molar-refractivity contribution in [3.05, 3.63) is 91.3 Å². The molecule has 6 rings (SSSR count). The Hall–Kier alpha value is -4.65. The number of amides is 2. The molecule has 206 valence electrons.